The number of piperazine rings is 1. The number of aliphatic hydroxyl groups excluding tert-OH is 1. The predicted molar refractivity (Wildman–Crippen MR) is 131 cm³/mol. The Bertz CT molecular complexity index is 1090. The number of amides is 1. The highest BCUT2D eigenvalue weighted by molar-refractivity contribution is 5.99. The third-order valence-electron chi connectivity index (χ3n) is 6.33. The number of benzene rings is 3. The maximum atomic E-state index is 11.5. The lowest BCUT2D eigenvalue weighted by molar-refractivity contribution is -0.115. The van der Waals surface area contributed by atoms with E-state index in [1.165, 1.54) is 16.8 Å². The summed E-state index contributed by atoms with van der Waals surface area (Å²) in [6.45, 7) is 4.51. The van der Waals surface area contributed by atoms with Crippen LogP contribution in [0, 0.1) is 0 Å². The lowest BCUT2D eigenvalue weighted by Gasteiger charge is -2.37. The number of aliphatic hydroxyl groups is 1. The lowest BCUT2D eigenvalue weighted by atomic mass is 10.1. The summed E-state index contributed by atoms with van der Waals surface area (Å²) >= 11 is 0. The SMILES string of the molecule is O=C1Cc2cc(OCC(O)CN3CCN(c4ccc(-c5ccccc5)cc4)CC3)ccc2N1. The van der Waals surface area contributed by atoms with Crippen LogP contribution in [0.15, 0.2) is 72.8 Å². The molecule has 1 saturated heterocycles. The molecule has 0 spiro atoms. The number of carbonyl (C=O) groups excluding carboxylic acids is 1. The molecule has 2 N–H and O–H groups in total. The molecule has 170 valence electrons. The summed E-state index contributed by atoms with van der Waals surface area (Å²) in [6, 6.07) is 24.7. The molecule has 0 aromatic heterocycles. The van der Waals surface area contributed by atoms with Crippen molar-refractivity contribution in [2.75, 3.05) is 49.5 Å². The van der Waals surface area contributed by atoms with Crippen molar-refractivity contribution < 1.29 is 14.6 Å². The molecule has 33 heavy (non-hydrogen) atoms. The van der Waals surface area contributed by atoms with Crippen molar-refractivity contribution >= 4 is 17.3 Å². The van der Waals surface area contributed by atoms with E-state index in [9.17, 15) is 9.90 Å². The molecule has 6 heteroatoms. The van der Waals surface area contributed by atoms with Gasteiger partial charge in [0.25, 0.3) is 0 Å². The van der Waals surface area contributed by atoms with Crippen LogP contribution in [0.2, 0.25) is 0 Å². The van der Waals surface area contributed by atoms with Crippen molar-refractivity contribution in [3.05, 3.63) is 78.4 Å². The van der Waals surface area contributed by atoms with Gasteiger partial charge in [-0.15, -0.1) is 0 Å². The monoisotopic (exact) mass is 443 g/mol. The second-order valence-corrected chi connectivity index (χ2v) is 8.71. The van der Waals surface area contributed by atoms with Crippen molar-refractivity contribution in [2.45, 2.75) is 12.5 Å². The fourth-order valence-electron chi connectivity index (χ4n) is 4.52. The first-order valence-electron chi connectivity index (χ1n) is 11.5. The molecular formula is C27H29N3O3. The summed E-state index contributed by atoms with van der Waals surface area (Å²) in [5.74, 6) is 0.696. The summed E-state index contributed by atoms with van der Waals surface area (Å²) in [6.07, 6.45) is -0.177. The maximum absolute atomic E-state index is 11.5. The van der Waals surface area contributed by atoms with Crippen LogP contribution in [-0.4, -0.2) is 61.3 Å². The van der Waals surface area contributed by atoms with Crippen LogP contribution in [0.3, 0.4) is 0 Å². The normalized spacial score (nSPS) is 16.9. The molecule has 1 amide bonds. The minimum Gasteiger partial charge on any atom is -0.491 e. The van der Waals surface area contributed by atoms with Gasteiger partial charge in [-0.1, -0.05) is 42.5 Å². The van der Waals surface area contributed by atoms with Crippen LogP contribution in [0.4, 0.5) is 11.4 Å². The number of fused-ring (bicyclic) bond motifs is 1. The molecule has 0 radical (unpaired) electrons. The zero-order chi connectivity index (χ0) is 22.6. The zero-order valence-corrected chi connectivity index (χ0v) is 18.6. The fraction of sp³-hybridized carbons (Fsp3) is 0.296. The van der Waals surface area contributed by atoms with Gasteiger partial charge in [0.05, 0.1) is 6.42 Å². The Labute approximate surface area is 194 Å². The van der Waals surface area contributed by atoms with Gasteiger partial charge in [-0.05, 0) is 47.0 Å². The minimum atomic E-state index is -0.560. The number of rotatable bonds is 7. The van der Waals surface area contributed by atoms with Gasteiger partial charge in [0.1, 0.15) is 18.5 Å². The average molecular weight is 444 g/mol. The van der Waals surface area contributed by atoms with E-state index < -0.39 is 6.10 Å². The summed E-state index contributed by atoms with van der Waals surface area (Å²) in [5.41, 5.74) is 5.49. The molecule has 0 aliphatic carbocycles. The standard InChI is InChI=1S/C27H29N3O3/c31-24(19-33-25-10-11-26-22(16-25)17-27(32)28-26)18-29-12-14-30(15-13-29)23-8-6-21(7-9-23)20-4-2-1-3-5-20/h1-11,16,24,31H,12-15,17-19H2,(H,28,32). The van der Waals surface area contributed by atoms with Crippen molar-refractivity contribution in [1.29, 1.82) is 0 Å². The summed E-state index contributed by atoms with van der Waals surface area (Å²) < 4.78 is 5.78. The molecule has 0 saturated carbocycles. The van der Waals surface area contributed by atoms with Crippen molar-refractivity contribution in [3.63, 3.8) is 0 Å². The predicted octanol–water partition coefficient (Wildman–Crippen LogP) is 3.41. The first kappa shape index (κ1) is 21.5. The zero-order valence-electron chi connectivity index (χ0n) is 18.6. The van der Waals surface area contributed by atoms with E-state index in [1.807, 2.05) is 24.3 Å². The first-order valence-corrected chi connectivity index (χ1v) is 11.5. The van der Waals surface area contributed by atoms with Gasteiger partial charge < -0.3 is 20.1 Å². The van der Waals surface area contributed by atoms with Gasteiger partial charge in [0.15, 0.2) is 0 Å². The second kappa shape index (κ2) is 9.65. The summed E-state index contributed by atoms with van der Waals surface area (Å²) in [7, 11) is 0. The van der Waals surface area contributed by atoms with Crippen molar-refractivity contribution in [2.24, 2.45) is 0 Å². The van der Waals surface area contributed by atoms with Crippen LogP contribution < -0.4 is 15.0 Å². The van der Waals surface area contributed by atoms with Crippen LogP contribution in [0.5, 0.6) is 5.75 Å². The number of anilines is 2. The molecule has 2 aliphatic rings. The number of carbonyl (C=O) groups is 1. The number of nitrogens with zero attached hydrogens (tertiary/aromatic N) is 2. The van der Waals surface area contributed by atoms with Crippen LogP contribution in [0.1, 0.15) is 5.56 Å². The number of ether oxygens (including phenoxy) is 1. The topological polar surface area (TPSA) is 65.0 Å². The van der Waals surface area contributed by atoms with Crippen molar-refractivity contribution in [1.82, 2.24) is 4.90 Å². The van der Waals surface area contributed by atoms with E-state index in [2.05, 4.69) is 63.6 Å². The number of β-amino-alcohol motifs (C(OH)–C–C–N with tert-alkyl or cyclic N) is 1. The van der Waals surface area contributed by atoms with Gasteiger partial charge >= 0.3 is 0 Å². The molecule has 0 bridgehead atoms. The number of nitrogens with one attached hydrogen (secondary N) is 1. The summed E-state index contributed by atoms with van der Waals surface area (Å²) in [4.78, 5) is 16.2. The Morgan fingerprint density at radius 2 is 1.64 bits per heavy atom. The van der Waals surface area contributed by atoms with E-state index in [1.54, 1.807) is 0 Å². The van der Waals surface area contributed by atoms with Crippen LogP contribution in [-0.2, 0) is 11.2 Å². The van der Waals surface area contributed by atoms with Gasteiger partial charge in [-0.3, -0.25) is 9.69 Å². The Kier molecular flexibility index (Phi) is 6.28. The van der Waals surface area contributed by atoms with Crippen LogP contribution >= 0.6 is 0 Å². The van der Waals surface area contributed by atoms with E-state index in [-0.39, 0.29) is 12.5 Å². The van der Waals surface area contributed by atoms with Crippen LogP contribution in [0.25, 0.3) is 11.1 Å². The molecule has 5 rings (SSSR count). The van der Waals surface area contributed by atoms with E-state index >= 15 is 0 Å². The largest absolute Gasteiger partial charge is 0.491 e. The Morgan fingerprint density at radius 3 is 2.39 bits per heavy atom. The van der Waals surface area contributed by atoms with Gasteiger partial charge in [-0.25, -0.2) is 0 Å². The third-order valence-corrected chi connectivity index (χ3v) is 6.33. The number of hydrogen-bond donors (Lipinski definition) is 2. The van der Waals surface area contributed by atoms with E-state index in [4.69, 9.17) is 4.74 Å². The Morgan fingerprint density at radius 1 is 0.909 bits per heavy atom. The van der Waals surface area contributed by atoms with Gasteiger partial charge in [0, 0.05) is 44.1 Å². The Balaban J connectivity index is 1.08. The third kappa shape index (κ3) is 5.18. The molecule has 1 atom stereocenters. The highest BCUT2D eigenvalue weighted by Crippen LogP contribution is 2.27. The molecule has 3 aromatic carbocycles. The smallest absolute Gasteiger partial charge is 0.228 e. The quantitative estimate of drug-likeness (QED) is 0.586. The molecular weight excluding hydrogens is 414 g/mol. The Hall–Kier alpha value is -3.35. The van der Waals surface area contributed by atoms with E-state index in [0.717, 1.165) is 37.4 Å². The molecule has 1 unspecified atom stereocenters. The molecule has 1 fully saturated rings. The highest BCUT2D eigenvalue weighted by Gasteiger charge is 2.21. The molecule has 2 aliphatic heterocycles. The van der Waals surface area contributed by atoms with Gasteiger partial charge in [0.2, 0.25) is 5.91 Å². The van der Waals surface area contributed by atoms with Crippen molar-refractivity contribution in [3.8, 4) is 16.9 Å². The molecule has 6 nitrogen and oxygen atoms in total. The lowest BCUT2D eigenvalue weighted by Crippen LogP contribution is -2.49. The maximum Gasteiger partial charge on any atom is 0.228 e. The van der Waals surface area contributed by atoms with Gasteiger partial charge in [-0.2, -0.15) is 0 Å². The summed E-state index contributed by atoms with van der Waals surface area (Å²) in [5, 5.41) is 13.3. The first-order chi connectivity index (χ1) is 16.1. The molecule has 2 heterocycles. The number of hydrogen-bond acceptors (Lipinski definition) is 5. The average Bonchev–Trinajstić information content (AvgIpc) is 3.23. The highest BCUT2D eigenvalue weighted by atomic mass is 16.5. The van der Waals surface area contributed by atoms with E-state index in [0.29, 0.717) is 18.7 Å². The minimum absolute atomic E-state index is 0.00784. The molecule has 3 aromatic rings. The fourth-order valence-corrected chi connectivity index (χ4v) is 4.52. The second-order valence-electron chi connectivity index (χ2n) is 8.71.